The van der Waals surface area contributed by atoms with Crippen molar-refractivity contribution in [2.75, 3.05) is 0 Å². The second kappa shape index (κ2) is 12.1. The predicted octanol–water partition coefficient (Wildman–Crippen LogP) is 10.4. The highest BCUT2D eigenvalue weighted by atomic mass is 14.4. The van der Waals surface area contributed by atoms with Gasteiger partial charge in [0.15, 0.2) is 0 Å². The van der Waals surface area contributed by atoms with Crippen LogP contribution in [0.2, 0.25) is 0 Å². The molecule has 5 aromatic rings. The van der Waals surface area contributed by atoms with Crippen LogP contribution in [0.3, 0.4) is 0 Å². The summed E-state index contributed by atoms with van der Waals surface area (Å²) in [5.41, 5.74) is 13.3. The van der Waals surface area contributed by atoms with Crippen LogP contribution in [-0.4, -0.2) is 0 Å². The van der Waals surface area contributed by atoms with Gasteiger partial charge in [-0.05, 0) is 81.3 Å². The second-order valence-electron chi connectivity index (χ2n) is 11.6. The standard InChI is InChI=1S/C43H36/c1-5-17-33(18-6-1)31-36-29-30-41(42(35-21-13-14-22-35)40(36)32-34-19-7-2-8-20-34)43(39-27-15-16-28-39,37-23-9-3-10-24-37)38-25-11-4-12-26-38/h1-21,23-27,29-30H,22,28,31-32H2. The Morgan fingerprint density at radius 1 is 0.488 bits per heavy atom. The maximum Gasteiger partial charge on any atom is 0.0673 e. The highest BCUT2D eigenvalue weighted by Crippen LogP contribution is 2.51. The van der Waals surface area contributed by atoms with Gasteiger partial charge < -0.3 is 0 Å². The molecule has 0 aromatic heterocycles. The van der Waals surface area contributed by atoms with Gasteiger partial charge in [-0.1, -0.05) is 170 Å². The lowest BCUT2D eigenvalue weighted by Gasteiger charge is -2.40. The highest BCUT2D eigenvalue weighted by molar-refractivity contribution is 5.80. The first kappa shape index (κ1) is 26.9. The first-order valence-corrected chi connectivity index (χ1v) is 15.4. The molecule has 0 heterocycles. The third-order valence-corrected chi connectivity index (χ3v) is 9.03. The van der Waals surface area contributed by atoms with Gasteiger partial charge in [0.05, 0.1) is 5.41 Å². The molecule has 2 aliphatic carbocycles. The molecule has 0 saturated heterocycles. The van der Waals surface area contributed by atoms with Crippen LogP contribution in [-0.2, 0) is 18.3 Å². The lowest BCUT2D eigenvalue weighted by atomic mass is 9.61. The lowest BCUT2D eigenvalue weighted by Crippen LogP contribution is -2.33. The molecule has 7 rings (SSSR count). The van der Waals surface area contributed by atoms with E-state index in [0.717, 1.165) is 25.7 Å². The topological polar surface area (TPSA) is 0 Å². The van der Waals surface area contributed by atoms with Crippen molar-refractivity contribution in [2.45, 2.75) is 31.1 Å². The van der Waals surface area contributed by atoms with E-state index in [9.17, 15) is 0 Å². The Balaban J connectivity index is 1.57. The van der Waals surface area contributed by atoms with Crippen LogP contribution in [0.5, 0.6) is 0 Å². The fourth-order valence-electron chi connectivity index (χ4n) is 7.11. The average Bonchev–Trinajstić information content (AvgIpc) is 3.81. The molecule has 0 fully saturated rings. The maximum absolute atomic E-state index is 2.46. The van der Waals surface area contributed by atoms with E-state index in [2.05, 4.69) is 170 Å². The number of allylic oxidation sites excluding steroid dienone is 8. The van der Waals surface area contributed by atoms with E-state index in [1.807, 2.05) is 0 Å². The van der Waals surface area contributed by atoms with Crippen LogP contribution < -0.4 is 0 Å². The summed E-state index contributed by atoms with van der Waals surface area (Å²) in [5.74, 6) is 0. The zero-order valence-electron chi connectivity index (χ0n) is 24.5. The molecule has 2 aliphatic rings. The van der Waals surface area contributed by atoms with E-state index in [1.54, 1.807) is 0 Å². The third kappa shape index (κ3) is 5.15. The summed E-state index contributed by atoms with van der Waals surface area (Å²) in [5, 5.41) is 0. The number of rotatable bonds is 9. The van der Waals surface area contributed by atoms with Gasteiger partial charge in [0.25, 0.3) is 0 Å². The Kier molecular flexibility index (Phi) is 7.59. The molecule has 0 spiro atoms. The van der Waals surface area contributed by atoms with Crippen molar-refractivity contribution in [3.8, 4) is 0 Å². The fourth-order valence-corrected chi connectivity index (χ4v) is 7.11. The maximum atomic E-state index is 2.46. The molecular formula is C43H36. The molecule has 0 saturated carbocycles. The second-order valence-corrected chi connectivity index (χ2v) is 11.6. The minimum Gasteiger partial charge on any atom is -0.0804 e. The summed E-state index contributed by atoms with van der Waals surface area (Å²) < 4.78 is 0. The van der Waals surface area contributed by atoms with Gasteiger partial charge in [0.1, 0.15) is 0 Å². The summed E-state index contributed by atoms with van der Waals surface area (Å²) in [7, 11) is 0. The van der Waals surface area contributed by atoms with Gasteiger partial charge in [-0.25, -0.2) is 0 Å². The molecule has 0 radical (unpaired) electrons. The quantitative estimate of drug-likeness (QED) is 0.160. The van der Waals surface area contributed by atoms with Crippen LogP contribution >= 0.6 is 0 Å². The molecule has 43 heavy (non-hydrogen) atoms. The van der Waals surface area contributed by atoms with Crippen molar-refractivity contribution in [1.82, 2.24) is 0 Å². The lowest BCUT2D eigenvalue weighted by molar-refractivity contribution is 0.706. The Morgan fingerprint density at radius 2 is 1.02 bits per heavy atom. The van der Waals surface area contributed by atoms with Gasteiger partial charge >= 0.3 is 0 Å². The zero-order chi connectivity index (χ0) is 28.9. The van der Waals surface area contributed by atoms with Crippen molar-refractivity contribution >= 4 is 5.57 Å². The molecule has 0 nitrogen and oxygen atoms in total. The normalized spacial score (nSPS) is 14.1. The van der Waals surface area contributed by atoms with Gasteiger partial charge in [-0.15, -0.1) is 0 Å². The molecule has 0 unspecified atom stereocenters. The summed E-state index contributed by atoms with van der Waals surface area (Å²) in [4.78, 5) is 0. The fraction of sp³-hybridized carbons (Fsp3) is 0.116. The van der Waals surface area contributed by atoms with Crippen molar-refractivity contribution in [2.24, 2.45) is 0 Å². The van der Waals surface area contributed by atoms with Crippen molar-refractivity contribution in [1.29, 1.82) is 0 Å². The average molecular weight is 553 g/mol. The summed E-state index contributed by atoms with van der Waals surface area (Å²) in [6.07, 6.45) is 17.5. The molecule has 0 atom stereocenters. The number of hydrogen-bond donors (Lipinski definition) is 0. The molecule has 0 aliphatic heterocycles. The monoisotopic (exact) mass is 552 g/mol. The van der Waals surface area contributed by atoms with E-state index >= 15 is 0 Å². The Bertz CT molecular complexity index is 1780. The summed E-state index contributed by atoms with van der Waals surface area (Å²) >= 11 is 0. The Labute approximate surface area is 256 Å². The van der Waals surface area contributed by atoms with Gasteiger partial charge in [-0.2, -0.15) is 0 Å². The zero-order valence-corrected chi connectivity index (χ0v) is 24.5. The molecule has 0 amide bonds. The van der Waals surface area contributed by atoms with E-state index in [0.29, 0.717) is 0 Å². The molecule has 0 bridgehead atoms. The Hall–Kier alpha value is -4.94. The van der Waals surface area contributed by atoms with Crippen LogP contribution in [0.25, 0.3) is 5.57 Å². The SMILES string of the molecule is C1=CCC(c2c(C(C3=CC=CC3)(c3ccccc3)c3ccccc3)ccc(Cc3ccccc3)c2Cc2ccccc2)=C1. The Morgan fingerprint density at radius 3 is 1.56 bits per heavy atom. The van der Waals surface area contributed by atoms with Crippen LogP contribution in [0.15, 0.2) is 175 Å². The highest BCUT2D eigenvalue weighted by Gasteiger charge is 2.42. The molecule has 208 valence electrons. The number of benzene rings is 5. The summed E-state index contributed by atoms with van der Waals surface area (Å²) in [6.45, 7) is 0. The van der Waals surface area contributed by atoms with E-state index in [1.165, 1.54) is 55.7 Å². The van der Waals surface area contributed by atoms with Gasteiger partial charge in [0.2, 0.25) is 0 Å². The first-order valence-electron chi connectivity index (χ1n) is 15.4. The van der Waals surface area contributed by atoms with Crippen LogP contribution in [0.1, 0.15) is 57.3 Å². The van der Waals surface area contributed by atoms with Crippen molar-refractivity contribution in [3.63, 3.8) is 0 Å². The van der Waals surface area contributed by atoms with Gasteiger partial charge in [0, 0.05) is 0 Å². The smallest absolute Gasteiger partial charge is 0.0673 e. The van der Waals surface area contributed by atoms with E-state index in [-0.39, 0.29) is 0 Å². The summed E-state index contributed by atoms with van der Waals surface area (Å²) in [6, 6.07) is 49.1. The van der Waals surface area contributed by atoms with Crippen LogP contribution in [0, 0.1) is 0 Å². The number of hydrogen-bond acceptors (Lipinski definition) is 0. The van der Waals surface area contributed by atoms with Crippen molar-refractivity contribution < 1.29 is 0 Å². The van der Waals surface area contributed by atoms with Crippen molar-refractivity contribution in [3.05, 3.63) is 220 Å². The largest absolute Gasteiger partial charge is 0.0804 e. The molecule has 5 aromatic carbocycles. The molecule has 0 heteroatoms. The first-order chi connectivity index (χ1) is 21.3. The molecular weight excluding hydrogens is 516 g/mol. The van der Waals surface area contributed by atoms with Gasteiger partial charge in [-0.3, -0.25) is 0 Å². The van der Waals surface area contributed by atoms with E-state index < -0.39 is 5.41 Å². The van der Waals surface area contributed by atoms with Crippen LogP contribution in [0.4, 0.5) is 0 Å². The minimum absolute atomic E-state index is 0.429. The predicted molar refractivity (Wildman–Crippen MR) is 181 cm³/mol. The van der Waals surface area contributed by atoms with E-state index in [4.69, 9.17) is 0 Å². The minimum atomic E-state index is -0.429. The molecule has 0 N–H and O–H groups in total. The third-order valence-electron chi connectivity index (χ3n) is 9.03.